The van der Waals surface area contributed by atoms with Gasteiger partial charge < -0.3 is 13.3 Å². The molecule has 90 valence electrons. The first-order valence-corrected chi connectivity index (χ1v) is 10.5. The van der Waals surface area contributed by atoms with Gasteiger partial charge in [-0.1, -0.05) is 0 Å². The van der Waals surface area contributed by atoms with E-state index in [0.29, 0.717) is 0 Å². The zero-order valence-corrected chi connectivity index (χ0v) is 14.2. The molecule has 6 heteroatoms. The van der Waals surface area contributed by atoms with Crippen LogP contribution in [-0.2, 0) is 13.3 Å². The molecule has 4 nitrogen and oxygen atoms in total. The molecule has 0 amide bonds. The van der Waals surface area contributed by atoms with Crippen LogP contribution in [0.25, 0.3) is 0 Å². The van der Waals surface area contributed by atoms with E-state index in [1.165, 1.54) is 5.69 Å². The average molecular weight is 348 g/mol. The summed E-state index contributed by atoms with van der Waals surface area (Å²) >= 11 is -0.264. The molecule has 0 unspecified atom stereocenters. The molecule has 0 aromatic heterocycles. The van der Waals surface area contributed by atoms with Crippen molar-refractivity contribution in [1.29, 1.82) is 0 Å². The molecule has 0 aliphatic rings. The summed E-state index contributed by atoms with van der Waals surface area (Å²) in [6.07, 6.45) is 0. The van der Waals surface area contributed by atoms with Crippen molar-refractivity contribution in [1.82, 2.24) is 0 Å². The van der Waals surface area contributed by atoms with E-state index in [4.69, 9.17) is 13.3 Å². The quantitative estimate of drug-likeness (QED) is 0.817. The molecule has 0 fully saturated rings. The Morgan fingerprint density at radius 1 is 1.00 bits per heavy atom. The SMILES string of the molecule is CO[SiH](OC)OC.[CH3][Sn][NH]c1ccccc1. The van der Waals surface area contributed by atoms with Crippen molar-refractivity contribution in [2.24, 2.45) is 0 Å². The van der Waals surface area contributed by atoms with Crippen LogP contribution in [-0.4, -0.2) is 52.3 Å². The second kappa shape index (κ2) is 11.4. The first kappa shape index (κ1) is 15.9. The van der Waals surface area contributed by atoms with Crippen molar-refractivity contribution < 1.29 is 13.3 Å². The van der Waals surface area contributed by atoms with Crippen LogP contribution in [0.1, 0.15) is 0 Å². The third-order valence-corrected chi connectivity index (χ3v) is 4.31. The van der Waals surface area contributed by atoms with Gasteiger partial charge in [0, 0.05) is 21.3 Å². The molecule has 16 heavy (non-hydrogen) atoms. The number of hydrogen-bond donors (Lipinski definition) is 1. The van der Waals surface area contributed by atoms with Crippen molar-refractivity contribution >= 4 is 36.6 Å². The molecule has 0 saturated carbocycles. The number of anilines is 1. The summed E-state index contributed by atoms with van der Waals surface area (Å²) in [7, 11) is 3.05. The predicted molar refractivity (Wildman–Crippen MR) is 69.9 cm³/mol. The van der Waals surface area contributed by atoms with Crippen LogP contribution < -0.4 is 3.54 Å². The second-order valence-electron chi connectivity index (χ2n) is 2.74. The molecule has 0 atom stereocenters. The van der Waals surface area contributed by atoms with Crippen LogP contribution in [0.15, 0.2) is 30.3 Å². The number of para-hydroxylation sites is 1. The molecule has 0 bridgehead atoms. The molecule has 1 aromatic carbocycles. The summed E-state index contributed by atoms with van der Waals surface area (Å²) in [4.78, 5) is 2.26. The van der Waals surface area contributed by atoms with Crippen molar-refractivity contribution in [2.75, 3.05) is 24.9 Å². The Labute approximate surface area is 110 Å². The minimum atomic E-state index is -1.67. The zero-order valence-electron chi connectivity index (χ0n) is 10.2. The van der Waals surface area contributed by atoms with Crippen molar-refractivity contribution in [3.8, 4) is 0 Å². The Morgan fingerprint density at radius 2 is 1.50 bits per heavy atom. The summed E-state index contributed by atoms with van der Waals surface area (Å²) in [5.74, 6) is 0. The van der Waals surface area contributed by atoms with Crippen molar-refractivity contribution in [3.05, 3.63) is 30.3 Å². The molecule has 0 aliphatic carbocycles. The van der Waals surface area contributed by atoms with Crippen molar-refractivity contribution in [3.63, 3.8) is 0 Å². The summed E-state index contributed by atoms with van der Waals surface area (Å²) in [5.41, 5.74) is 1.27. The van der Waals surface area contributed by atoms with Gasteiger partial charge in [-0.05, 0) is 0 Å². The van der Waals surface area contributed by atoms with Gasteiger partial charge in [-0.3, -0.25) is 0 Å². The number of benzene rings is 1. The fraction of sp³-hybridized carbons (Fsp3) is 0.400. The van der Waals surface area contributed by atoms with Gasteiger partial charge in [-0.15, -0.1) is 0 Å². The van der Waals surface area contributed by atoms with E-state index in [1.807, 2.05) is 6.07 Å². The Bertz CT molecular complexity index is 242. The topological polar surface area (TPSA) is 39.7 Å². The molecule has 1 rings (SSSR count). The predicted octanol–water partition coefficient (Wildman–Crippen LogP) is 1.41. The maximum atomic E-state index is 4.74. The summed E-state index contributed by atoms with van der Waals surface area (Å²) < 4.78 is 17.6. The normalized spacial score (nSPS) is 9.56. The zero-order chi connectivity index (χ0) is 12.2. The van der Waals surface area contributed by atoms with E-state index in [0.717, 1.165) is 0 Å². The Hall–Kier alpha value is -0.0844. The molecule has 0 aliphatic heterocycles. The Morgan fingerprint density at radius 3 is 1.81 bits per heavy atom. The fourth-order valence-corrected chi connectivity index (χ4v) is 2.83. The monoisotopic (exact) mass is 349 g/mol. The van der Waals surface area contributed by atoms with Crippen LogP contribution in [0.5, 0.6) is 0 Å². The van der Waals surface area contributed by atoms with Crippen LogP contribution in [0, 0.1) is 0 Å². The summed E-state index contributed by atoms with van der Waals surface area (Å²) in [5, 5.41) is 0. The maximum absolute atomic E-state index is 4.74. The fourth-order valence-electron chi connectivity index (χ4n) is 0.954. The Balaban J connectivity index is 0.000000293. The van der Waals surface area contributed by atoms with Gasteiger partial charge >= 0.3 is 75.4 Å². The van der Waals surface area contributed by atoms with E-state index >= 15 is 0 Å². The van der Waals surface area contributed by atoms with Gasteiger partial charge in [0.15, 0.2) is 0 Å². The third-order valence-electron chi connectivity index (χ3n) is 1.62. The molecule has 0 saturated heterocycles. The van der Waals surface area contributed by atoms with Gasteiger partial charge in [-0.25, -0.2) is 0 Å². The number of rotatable bonds is 5. The van der Waals surface area contributed by atoms with Crippen LogP contribution >= 0.6 is 0 Å². The first-order valence-electron chi connectivity index (χ1n) is 4.84. The second-order valence-corrected chi connectivity index (χ2v) is 6.87. The summed E-state index contributed by atoms with van der Waals surface area (Å²) in [6.45, 7) is 0. The van der Waals surface area contributed by atoms with E-state index in [1.54, 1.807) is 21.3 Å². The van der Waals surface area contributed by atoms with Gasteiger partial charge in [-0.2, -0.15) is 0 Å². The van der Waals surface area contributed by atoms with Gasteiger partial charge in [0.2, 0.25) is 0 Å². The van der Waals surface area contributed by atoms with E-state index < -0.39 is 9.53 Å². The van der Waals surface area contributed by atoms with Gasteiger partial charge in [0.25, 0.3) is 0 Å². The molecular weight excluding hydrogens is 329 g/mol. The van der Waals surface area contributed by atoms with Gasteiger partial charge in [0.05, 0.1) is 0 Å². The first-order chi connectivity index (χ1) is 7.78. The van der Waals surface area contributed by atoms with Crippen LogP contribution in [0.3, 0.4) is 0 Å². The van der Waals surface area contributed by atoms with Crippen molar-refractivity contribution in [2.45, 2.75) is 4.94 Å². The molecule has 0 heterocycles. The minimum absolute atomic E-state index is 0.264. The third kappa shape index (κ3) is 8.11. The molecule has 1 aromatic rings. The molecular formula is C10H19NO3SiSn. The Kier molecular flexibility index (Phi) is 11.3. The molecule has 2 radical (unpaired) electrons. The molecule has 1 N–H and O–H groups in total. The van der Waals surface area contributed by atoms with E-state index in [2.05, 4.69) is 32.7 Å². The number of hydrogen-bond acceptors (Lipinski definition) is 4. The van der Waals surface area contributed by atoms with Crippen LogP contribution in [0.4, 0.5) is 5.69 Å². The van der Waals surface area contributed by atoms with Crippen LogP contribution in [0.2, 0.25) is 4.94 Å². The van der Waals surface area contributed by atoms with Gasteiger partial charge in [0.1, 0.15) is 0 Å². The summed E-state index contributed by atoms with van der Waals surface area (Å²) in [6, 6.07) is 10.3. The average Bonchev–Trinajstić information content (AvgIpc) is 2.34. The molecule has 0 spiro atoms. The van der Waals surface area contributed by atoms with E-state index in [-0.39, 0.29) is 21.4 Å². The number of nitrogens with one attached hydrogen (secondary N) is 1. The van der Waals surface area contributed by atoms with E-state index in [9.17, 15) is 0 Å². The standard InChI is InChI=1S/C6H6N.C3H10O3Si.CH3.Sn/c7-6-4-2-1-3-5-6;1-4-7(5-2)6-3;;/h1-5,7H;7H,1-3H3;1H3;/q-1;;;+1.